The lowest BCUT2D eigenvalue weighted by molar-refractivity contribution is 0.601. The molecular weight excluding hydrogens is 238 g/mol. The Labute approximate surface area is 99.7 Å². The number of nitrogens with two attached hydrogens (primary N) is 1. The molecular formula is C11H13N3O2S. The average Bonchev–Trinajstić information content (AvgIpc) is 2.77. The minimum Gasteiger partial charge on any atom is -0.399 e. The van der Waals surface area contributed by atoms with E-state index in [0.29, 0.717) is 11.4 Å². The minimum atomic E-state index is -3.55. The largest absolute Gasteiger partial charge is 0.399 e. The topological polar surface area (TPSA) is 88.0 Å². The normalized spacial score (nSPS) is 11.4. The van der Waals surface area contributed by atoms with Gasteiger partial charge in [-0.1, -0.05) is 6.07 Å². The van der Waals surface area contributed by atoms with Crippen molar-refractivity contribution in [3.8, 4) is 0 Å². The van der Waals surface area contributed by atoms with E-state index in [1.54, 1.807) is 24.4 Å². The van der Waals surface area contributed by atoms with Gasteiger partial charge in [0.15, 0.2) is 0 Å². The second-order valence-electron chi connectivity index (χ2n) is 3.73. The molecule has 90 valence electrons. The van der Waals surface area contributed by atoms with E-state index in [0.717, 1.165) is 5.56 Å². The highest BCUT2D eigenvalue weighted by molar-refractivity contribution is 7.92. The number of aromatic nitrogens is 1. The summed E-state index contributed by atoms with van der Waals surface area (Å²) in [4.78, 5) is 2.90. The predicted molar refractivity (Wildman–Crippen MR) is 67.2 cm³/mol. The van der Waals surface area contributed by atoms with Gasteiger partial charge in [0.05, 0.1) is 5.69 Å². The maximum absolute atomic E-state index is 12.0. The van der Waals surface area contributed by atoms with Crippen LogP contribution < -0.4 is 10.5 Å². The molecule has 1 aromatic carbocycles. The van der Waals surface area contributed by atoms with E-state index in [4.69, 9.17) is 5.73 Å². The summed E-state index contributed by atoms with van der Waals surface area (Å²) in [5, 5.41) is 0. The molecule has 17 heavy (non-hydrogen) atoms. The minimum absolute atomic E-state index is 0.194. The third-order valence-electron chi connectivity index (χ3n) is 2.39. The van der Waals surface area contributed by atoms with Gasteiger partial charge < -0.3 is 10.7 Å². The van der Waals surface area contributed by atoms with Crippen molar-refractivity contribution in [1.29, 1.82) is 0 Å². The first kappa shape index (κ1) is 11.5. The maximum Gasteiger partial charge on any atom is 0.263 e. The van der Waals surface area contributed by atoms with Gasteiger partial charge in [0.25, 0.3) is 10.0 Å². The smallest absolute Gasteiger partial charge is 0.263 e. The molecule has 2 rings (SSSR count). The average molecular weight is 251 g/mol. The third-order valence-corrected chi connectivity index (χ3v) is 3.75. The third kappa shape index (κ3) is 2.42. The molecule has 0 bridgehead atoms. The predicted octanol–water partition coefficient (Wildman–Crippen LogP) is 1.71. The molecule has 0 atom stereocenters. The number of aromatic amines is 1. The van der Waals surface area contributed by atoms with Crippen LogP contribution >= 0.6 is 0 Å². The molecule has 1 heterocycles. The van der Waals surface area contributed by atoms with E-state index in [1.165, 1.54) is 12.3 Å². The van der Waals surface area contributed by atoms with Crippen molar-refractivity contribution in [2.75, 3.05) is 10.5 Å². The fourth-order valence-electron chi connectivity index (χ4n) is 1.43. The van der Waals surface area contributed by atoms with Crippen LogP contribution in [0.5, 0.6) is 0 Å². The van der Waals surface area contributed by atoms with Crippen LogP contribution in [0.25, 0.3) is 0 Å². The Kier molecular flexibility index (Phi) is 2.81. The van der Waals surface area contributed by atoms with Gasteiger partial charge in [-0.2, -0.15) is 0 Å². The molecule has 6 heteroatoms. The molecule has 0 aliphatic rings. The highest BCUT2D eigenvalue weighted by Gasteiger charge is 2.15. The van der Waals surface area contributed by atoms with Crippen LogP contribution in [0.1, 0.15) is 5.56 Å². The summed E-state index contributed by atoms with van der Waals surface area (Å²) in [6.45, 7) is 1.81. The van der Waals surface area contributed by atoms with Crippen LogP contribution in [0, 0.1) is 6.92 Å². The summed E-state index contributed by atoms with van der Waals surface area (Å²) >= 11 is 0. The van der Waals surface area contributed by atoms with Gasteiger partial charge in [-0.25, -0.2) is 8.42 Å². The van der Waals surface area contributed by atoms with E-state index in [1.807, 2.05) is 6.92 Å². The number of hydrogen-bond donors (Lipinski definition) is 3. The summed E-state index contributed by atoms with van der Waals surface area (Å²) < 4.78 is 26.4. The molecule has 5 nitrogen and oxygen atoms in total. The van der Waals surface area contributed by atoms with Crippen molar-refractivity contribution in [3.05, 3.63) is 42.2 Å². The molecule has 0 saturated carbocycles. The van der Waals surface area contributed by atoms with Gasteiger partial charge in [-0.05, 0) is 30.7 Å². The fourth-order valence-corrected chi connectivity index (χ4v) is 2.53. The van der Waals surface area contributed by atoms with Gasteiger partial charge in [0, 0.05) is 18.1 Å². The molecule has 4 N–H and O–H groups in total. The van der Waals surface area contributed by atoms with Gasteiger partial charge in [0.2, 0.25) is 0 Å². The van der Waals surface area contributed by atoms with Crippen molar-refractivity contribution in [3.63, 3.8) is 0 Å². The SMILES string of the molecule is Cc1ccc(N)cc1NS(=O)(=O)c1cc[nH]c1. The Hall–Kier alpha value is -1.95. The number of nitrogen functional groups attached to an aromatic ring is 1. The summed E-state index contributed by atoms with van der Waals surface area (Å²) in [6.07, 6.45) is 2.98. The van der Waals surface area contributed by atoms with Crippen LogP contribution in [-0.4, -0.2) is 13.4 Å². The summed E-state index contributed by atoms with van der Waals surface area (Å²) in [5.74, 6) is 0. The second-order valence-corrected chi connectivity index (χ2v) is 5.41. The number of benzene rings is 1. The van der Waals surface area contributed by atoms with Crippen molar-refractivity contribution in [2.45, 2.75) is 11.8 Å². The number of rotatable bonds is 3. The lowest BCUT2D eigenvalue weighted by Gasteiger charge is -2.09. The van der Waals surface area contributed by atoms with E-state index < -0.39 is 10.0 Å². The summed E-state index contributed by atoms with van der Waals surface area (Å²) in [6, 6.07) is 6.58. The first-order valence-electron chi connectivity index (χ1n) is 5.01. The lowest BCUT2D eigenvalue weighted by atomic mass is 10.2. The van der Waals surface area contributed by atoms with Gasteiger partial charge in [0.1, 0.15) is 4.90 Å². The molecule has 0 aliphatic heterocycles. The first-order chi connectivity index (χ1) is 7.99. The van der Waals surface area contributed by atoms with Gasteiger partial charge in [-0.3, -0.25) is 4.72 Å². The van der Waals surface area contributed by atoms with Crippen LogP contribution in [-0.2, 0) is 10.0 Å². The monoisotopic (exact) mass is 251 g/mol. The molecule has 0 spiro atoms. The number of hydrogen-bond acceptors (Lipinski definition) is 3. The highest BCUT2D eigenvalue weighted by Crippen LogP contribution is 2.21. The Morgan fingerprint density at radius 1 is 1.29 bits per heavy atom. The van der Waals surface area contributed by atoms with E-state index in [2.05, 4.69) is 9.71 Å². The zero-order valence-corrected chi connectivity index (χ0v) is 10.1. The maximum atomic E-state index is 12.0. The zero-order chi connectivity index (χ0) is 12.5. The fraction of sp³-hybridized carbons (Fsp3) is 0.0909. The molecule has 0 radical (unpaired) electrons. The van der Waals surface area contributed by atoms with Crippen LogP contribution in [0.15, 0.2) is 41.6 Å². The zero-order valence-electron chi connectivity index (χ0n) is 9.27. The molecule has 0 saturated heterocycles. The standard InChI is InChI=1S/C11H13N3O2S/c1-8-2-3-9(12)6-11(8)14-17(15,16)10-4-5-13-7-10/h2-7,13-14H,12H2,1H3. The first-order valence-corrected chi connectivity index (χ1v) is 6.49. The van der Waals surface area contributed by atoms with Crippen molar-refractivity contribution in [2.24, 2.45) is 0 Å². The Morgan fingerprint density at radius 3 is 2.71 bits per heavy atom. The molecule has 0 fully saturated rings. The summed E-state index contributed by atoms with van der Waals surface area (Å²) in [5.41, 5.74) is 7.45. The van der Waals surface area contributed by atoms with Crippen LogP contribution in [0.2, 0.25) is 0 Å². The quantitative estimate of drug-likeness (QED) is 0.725. The van der Waals surface area contributed by atoms with Crippen LogP contribution in [0.4, 0.5) is 11.4 Å². The number of sulfonamides is 1. The number of nitrogens with one attached hydrogen (secondary N) is 2. The highest BCUT2D eigenvalue weighted by atomic mass is 32.2. The van der Waals surface area contributed by atoms with E-state index >= 15 is 0 Å². The Morgan fingerprint density at radius 2 is 2.06 bits per heavy atom. The van der Waals surface area contributed by atoms with Crippen LogP contribution in [0.3, 0.4) is 0 Å². The lowest BCUT2D eigenvalue weighted by Crippen LogP contribution is -2.13. The molecule has 0 amide bonds. The second kappa shape index (κ2) is 4.14. The van der Waals surface area contributed by atoms with Gasteiger partial charge >= 0.3 is 0 Å². The number of H-pyrrole nitrogens is 1. The number of anilines is 2. The van der Waals surface area contributed by atoms with E-state index in [-0.39, 0.29) is 4.90 Å². The van der Waals surface area contributed by atoms with Gasteiger partial charge in [-0.15, -0.1) is 0 Å². The molecule has 0 aliphatic carbocycles. The Balaban J connectivity index is 2.36. The molecule has 1 aromatic heterocycles. The van der Waals surface area contributed by atoms with Crippen molar-refractivity contribution in [1.82, 2.24) is 4.98 Å². The summed E-state index contributed by atoms with van der Waals surface area (Å²) in [7, 11) is -3.55. The Bertz CT molecular complexity index is 618. The number of aryl methyl sites for hydroxylation is 1. The van der Waals surface area contributed by atoms with Crippen molar-refractivity contribution >= 4 is 21.4 Å². The molecule has 2 aromatic rings. The van der Waals surface area contributed by atoms with E-state index in [9.17, 15) is 8.42 Å². The molecule has 0 unspecified atom stereocenters. The van der Waals surface area contributed by atoms with Crippen molar-refractivity contribution < 1.29 is 8.42 Å².